The van der Waals surface area contributed by atoms with Crippen LogP contribution in [0.5, 0.6) is 0 Å². The van der Waals surface area contributed by atoms with E-state index in [0.29, 0.717) is 6.54 Å². The van der Waals surface area contributed by atoms with Crippen LogP contribution in [0.2, 0.25) is 0 Å². The van der Waals surface area contributed by atoms with Crippen molar-refractivity contribution in [3.8, 4) is 0 Å². The third kappa shape index (κ3) is 3.35. The summed E-state index contributed by atoms with van der Waals surface area (Å²) in [4.78, 5) is 12.0. The topological polar surface area (TPSA) is 58.9 Å². The Hall–Kier alpha value is -2.59. The van der Waals surface area contributed by atoms with Crippen LogP contribution in [0.15, 0.2) is 65.3 Å². The number of benzene rings is 2. The molecule has 4 heteroatoms. The lowest BCUT2D eigenvalue weighted by atomic mass is 10.1. The third-order valence-corrected chi connectivity index (χ3v) is 3.68. The van der Waals surface area contributed by atoms with Gasteiger partial charge in [0.1, 0.15) is 6.04 Å². The van der Waals surface area contributed by atoms with E-state index in [4.69, 9.17) is 4.42 Å². The van der Waals surface area contributed by atoms with Crippen LogP contribution in [0.25, 0.3) is 10.8 Å². The van der Waals surface area contributed by atoms with E-state index < -0.39 is 0 Å². The summed E-state index contributed by atoms with van der Waals surface area (Å²) in [5, 5.41) is 7.17. The zero-order valence-corrected chi connectivity index (χ0v) is 12.5. The Morgan fingerprint density at radius 2 is 1.95 bits per heavy atom. The molecular formula is C18H19N2O2+. The maximum atomic E-state index is 12.0. The molecule has 1 heterocycles. The van der Waals surface area contributed by atoms with Crippen LogP contribution in [-0.2, 0) is 4.79 Å². The first-order valence-electron chi connectivity index (χ1n) is 7.38. The van der Waals surface area contributed by atoms with E-state index in [-0.39, 0.29) is 11.9 Å². The van der Waals surface area contributed by atoms with Crippen molar-refractivity contribution in [2.45, 2.75) is 13.0 Å². The number of quaternary nitrogens is 1. The fourth-order valence-corrected chi connectivity index (χ4v) is 2.43. The molecule has 3 rings (SSSR count). The van der Waals surface area contributed by atoms with Crippen molar-refractivity contribution >= 4 is 22.4 Å². The van der Waals surface area contributed by atoms with E-state index in [1.807, 2.05) is 60.8 Å². The van der Waals surface area contributed by atoms with Crippen molar-refractivity contribution in [2.75, 3.05) is 11.9 Å². The molecule has 0 spiro atoms. The predicted molar refractivity (Wildman–Crippen MR) is 86.5 cm³/mol. The van der Waals surface area contributed by atoms with Gasteiger partial charge in [0.2, 0.25) is 0 Å². The number of fused-ring (bicyclic) bond motifs is 1. The normalized spacial score (nSPS) is 12.2. The standard InChI is InChI=1S/C18H18N2O2/c1-13(17-7-4-10-22-17)19-12-18(21)20-16-9-8-14-5-2-3-6-15(14)11-16/h2-11,13,19H,12H2,1H3,(H,20,21)/p+1/t13-/m1/s1. The number of amides is 1. The Balaban J connectivity index is 1.58. The molecule has 3 aromatic rings. The van der Waals surface area contributed by atoms with Gasteiger partial charge in [-0.15, -0.1) is 0 Å². The average molecular weight is 295 g/mol. The zero-order valence-electron chi connectivity index (χ0n) is 12.5. The number of hydrogen-bond acceptors (Lipinski definition) is 2. The van der Waals surface area contributed by atoms with Crippen molar-refractivity contribution < 1.29 is 14.5 Å². The van der Waals surface area contributed by atoms with E-state index in [1.165, 1.54) is 5.39 Å². The number of nitrogens with two attached hydrogens (primary N) is 1. The van der Waals surface area contributed by atoms with Gasteiger partial charge < -0.3 is 15.1 Å². The number of carbonyl (C=O) groups excluding carboxylic acids is 1. The fourth-order valence-electron chi connectivity index (χ4n) is 2.43. The number of furan rings is 1. The van der Waals surface area contributed by atoms with Crippen molar-refractivity contribution in [2.24, 2.45) is 0 Å². The summed E-state index contributed by atoms with van der Waals surface area (Å²) in [6.45, 7) is 2.37. The van der Waals surface area contributed by atoms with Gasteiger partial charge in [-0.2, -0.15) is 0 Å². The molecule has 112 valence electrons. The third-order valence-electron chi connectivity index (χ3n) is 3.68. The molecule has 1 amide bonds. The second-order valence-electron chi connectivity index (χ2n) is 5.35. The van der Waals surface area contributed by atoms with E-state index >= 15 is 0 Å². The summed E-state index contributed by atoms with van der Waals surface area (Å²) in [5.74, 6) is 0.854. The Kier molecular flexibility index (Phi) is 4.21. The highest BCUT2D eigenvalue weighted by molar-refractivity contribution is 5.94. The lowest BCUT2D eigenvalue weighted by Gasteiger charge is -2.09. The first-order chi connectivity index (χ1) is 10.7. The first-order valence-corrected chi connectivity index (χ1v) is 7.38. The molecule has 0 unspecified atom stereocenters. The van der Waals surface area contributed by atoms with Gasteiger partial charge in [-0.05, 0) is 42.0 Å². The minimum atomic E-state index is -0.0197. The predicted octanol–water partition coefficient (Wildman–Crippen LogP) is 2.70. The summed E-state index contributed by atoms with van der Waals surface area (Å²) in [6.07, 6.45) is 1.65. The summed E-state index contributed by atoms with van der Waals surface area (Å²) >= 11 is 0. The Morgan fingerprint density at radius 3 is 2.73 bits per heavy atom. The summed E-state index contributed by atoms with van der Waals surface area (Å²) in [6, 6.07) is 17.9. The van der Waals surface area contributed by atoms with Crippen molar-refractivity contribution in [1.29, 1.82) is 0 Å². The fraction of sp³-hybridized carbons (Fsp3) is 0.167. The number of rotatable bonds is 5. The molecule has 0 saturated heterocycles. The Labute approximate surface area is 129 Å². The average Bonchev–Trinajstić information content (AvgIpc) is 3.07. The van der Waals surface area contributed by atoms with Crippen LogP contribution in [0.1, 0.15) is 18.7 Å². The molecule has 2 aromatic carbocycles. The minimum absolute atomic E-state index is 0.0197. The van der Waals surface area contributed by atoms with Crippen LogP contribution in [0.4, 0.5) is 5.69 Å². The Morgan fingerprint density at radius 1 is 1.14 bits per heavy atom. The van der Waals surface area contributed by atoms with E-state index in [9.17, 15) is 4.79 Å². The van der Waals surface area contributed by atoms with Crippen molar-refractivity contribution in [1.82, 2.24) is 0 Å². The lowest BCUT2D eigenvalue weighted by molar-refractivity contribution is -0.684. The SMILES string of the molecule is C[C@@H]([NH2+]CC(=O)Nc1ccc2ccccc2c1)c1ccco1. The largest absolute Gasteiger partial charge is 0.463 e. The van der Waals surface area contributed by atoms with Gasteiger partial charge >= 0.3 is 0 Å². The zero-order chi connectivity index (χ0) is 15.4. The molecule has 1 atom stereocenters. The van der Waals surface area contributed by atoms with Crippen molar-refractivity contribution in [3.63, 3.8) is 0 Å². The number of carbonyl (C=O) groups is 1. The molecule has 0 bridgehead atoms. The number of hydrogen-bond donors (Lipinski definition) is 2. The molecule has 0 aliphatic carbocycles. The van der Waals surface area contributed by atoms with Gasteiger partial charge in [0, 0.05) is 5.69 Å². The monoisotopic (exact) mass is 295 g/mol. The molecule has 1 aromatic heterocycles. The number of anilines is 1. The minimum Gasteiger partial charge on any atom is -0.463 e. The highest BCUT2D eigenvalue weighted by atomic mass is 16.3. The second kappa shape index (κ2) is 6.45. The van der Waals surface area contributed by atoms with Gasteiger partial charge in [0.05, 0.1) is 6.26 Å². The maximum Gasteiger partial charge on any atom is 0.279 e. The van der Waals surface area contributed by atoms with E-state index in [1.54, 1.807) is 6.26 Å². The quantitative estimate of drug-likeness (QED) is 0.760. The molecule has 0 fully saturated rings. The lowest BCUT2D eigenvalue weighted by Crippen LogP contribution is -2.86. The van der Waals surface area contributed by atoms with E-state index in [0.717, 1.165) is 16.8 Å². The molecule has 22 heavy (non-hydrogen) atoms. The first kappa shape index (κ1) is 14.4. The van der Waals surface area contributed by atoms with Gasteiger partial charge in [0.25, 0.3) is 5.91 Å². The Bertz CT molecular complexity index is 766. The molecule has 0 aliphatic heterocycles. The van der Waals surface area contributed by atoms with Crippen LogP contribution in [0, 0.1) is 0 Å². The van der Waals surface area contributed by atoms with E-state index in [2.05, 4.69) is 11.4 Å². The highest BCUT2D eigenvalue weighted by Crippen LogP contribution is 2.18. The molecule has 0 aliphatic rings. The summed E-state index contributed by atoms with van der Waals surface area (Å²) < 4.78 is 5.33. The maximum absolute atomic E-state index is 12.0. The molecule has 0 saturated carbocycles. The number of nitrogens with one attached hydrogen (secondary N) is 1. The summed E-state index contributed by atoms with van der Waals surface area (Å²) in [7, 11) is 0. The highest BCUT2D eigenvalue weighted by Gasteiger charge is 2.13. The van der Waals surface area contributed by atoms with Gasteiger partial charge in [-0.25, -0.2) is 0 Å². The van der Waals surface area contributed by atoms with Crippen LogP contribution in [-0.4, -0.2) is 12.5 Å². The van der Waals surface area contributed by atoms with Gasteiger partial charge in [-0.1, -0.05) is 30.3 Å². The van der Waals surface area contributed by atoms with Gasteiger partial charge in [0.15, 0.2) is 12.3 Å². The van der Waals surface area contributed by atoms with Crippen molar-refractivity contribution in [3.05, 3.63) is 66.6 Å². The van der Waals surface area contributed by atoms with Crippen LogP contribution >= 0.6 is 0 Å². The van der Waals surface area contributed by atoms with Crippen LogP contribution < -0.4 is 10.6 Å². The smallest absolute Gasteiger partial charge is 0.279 e. The molecule has 0 radical (unpaired) electrons. The molecular weight excluding hydrogens is 276 g/mol. The second-order valence-corrected chi connectivity index (χ2v) is 5.35. The molecule has 4 nitrogen and oxygen atoms in total. The van der Waals surface area contributed by atoms with Gasteiger partial charge in [-0.3, -0.25) is 4.79 Å². The van der Waals surface area contributed by atoms with Crippen LogP contribution in [0.3, 0.4) is 0 Å². The molecule has 3 N–H and O–H groups in total. The summed E-state index contributed by atoms with van der Waals surface area (Å²) in [5.41, 5.74) is 0.822.